The molecule has 0 saturated heterocycles. The number of aromatic nitrogens is 2. The van der Waals surface area contributed by atoms with Crippen LogP contribution in [0.4, 0.5) is 5.13 Å². The van der Waals surface area contributed by atoms with Gasteiger partial charge in [-0.15, -0.1) is 10.2 Å². The lowest BCUT2D eigenvalue weighted by atomic mass is 10.0. The molecule has 0 bridgehead atoms. The van der Waals surface area contributed by atoms with E-state index in [4.69, 9.17) is 38.4 Å². The second kappa shape index (κ2) is 12.0. The Morgan fingerprint density at radius 1 is 1.18 bits per heavy atom. The maximum absolute atomic E-state index is 11.9. The van der Waals surface area contributed by atoms with Gasteiger partial charge in [0, 0.05) is 0 Å². The van der Waals surface area contributed by atoms with E-state index in [1.165, 1.54) is 6.21 Å². The van der Waals surface area contributed by atoms with Gasteiger partial charge in [-0.25, -0.2) is 5.43 Å². The average Bonchev–Trinajstić information content (AvgIpc) is 3.16. The Morgan fingerprint density at radius 2 is 1.88 bits per heavy atom. The van der Waals surface area contributed by atoms with Crippen molar-refractivity contribution in [1.29, 1.82) is 0 Å². The van der Waals surface area contributed by atoms with Gasteiger partial charge in [-0.3, -0.25) is 4.79 Å². The van der Waals surface area contributed by atoms with Crippen LogP contribution in [0.15, 0.2) is 35.4 Å². The Balaban J connectivity index is 1.52. The van der Waals surface area contributed by atoms with Gasteiger partial charge >= 0.3 is 0 Å². The van der Waals surface area contributed by atoms with Gasteiger partial charge < -0.3 is 15.2 Å². The number of rotatable bonds is 10. The number of anilines is 1. The minimum absolute atomic E-state index is 0.0315. The lowest BCUT2D eigenvalue weighted by Gasteiger charge is -2.16. The Hall–Kier alpha value is -2.88. The normalized spacial score (nSPS) is 11.2. The summed E-state index contributed by atoms with van der Waals surface area (Å²) >= 11 is 13.8. The van der Waals surface area contributed by atoms with Gasteiger partial charge in [-0.05, 0) is 47.7 Å². The van der Waals surface area contributed by atoms with Gasteiger partial charge in [0.1, 0.15) is 24.0 Å². The molecule has 3 rings (SSSR count). The number of carbonyl (C=O) groups is 1. The highest BCUT2D eigenvalue weighted by molar-refractivity contribution is 7.15. The van der Waals surface area contributed by atoms with Crippen molar-refractivity contribution in [2.45, 2.75) is 33.1 Å². The second-order valence-corrected chi connectivity index (χ2v) is 9.62. The van der Waals surface area contributed by atoms with E-state index < -0.39 is 0 Å². The lowest BCUT2D eigenvalue weighted by molar-refractivity contribution is -0.120. The summed E-state index contributed by atoms with van der Waals surface area (Å²) in [5.74, 6) is 1.20. The molecule has 0 aliphatic heterocycles. The predicted octanol–water partition coefficient (Wildman–Crippen LogP) is 5.01. The molecule has 0 fully saturated rings. The SMILES string of the molecule is Cc1ccc(C(C)C)c(OCCOc2c(Cl)cc(C=NNC(=O)Cc3nnc(N)s3)cc2Cl)c1. The van der Waals surface area contributed by atoms with Crippen LogP contribution in [-0.4, -0.2) is 35.5 Å². The minimum Gasteiger partial charge on any atom is -0.490 e. The number of carbonyl (C=O) groups excluding carboxylic acids is 1. The maximum Gasteiger partial charge on any atom is 0.247 e. The number of amides is 1. The second-order valence-electron chi connectivity index (χ2n) is 7.71. The zero-order valence-corrected chi connectivity index (χ0v) is 21.3. The molecule has 1 heterocycles. The van der Waals surface area contributed by atoms with Crippen LogP contribution >= 0.6 is 34.5 Å². The van der Waals surface area contributed by atoms with Crippen molar-refractivity contribution in [3.63, 3.8) is 0 Å². The molecule has 0 aliphatic carbocycles. The molecule has 0 spiro atoms. The summed E-state index contributed by atoms with van der Waals surface area (Å²) in [4.78, 5) is 11.9. The predicted molar refractivity (Wildman–Crippen MR) is 136 cm³/mol. The number of hydrogen-bond donors (Lipinski definition) is 2. The van der Waals surface area contributed by atoms with Gasteiger partial charge in [0.15, 0.2) is 5.75 Å². The first-order chi connectivity index (χ1) is 16.2. The van der Waals surface area contributed by atoms with Crippen molar-refractivity contribution < 1.29 is 14.3 Å². The number of nitrogen functional groups attached to an aromatic ring is 1. The molecule has 11 heteroatoms. The summed E-state index contributed by atoms with van der Waals surface area (Å²) in [6.45, 7) is 6.88. The van der Waals surface area contributed by atoms with E-state index in [0.29, 0.717) is 44.0 Å². The van der Waals surface area contributed by atoms with Crippen LogP contribution in [-0.2, 0) is 11.2 Å². The molecule has 34 heavy (non-hydrogen) atoms. The number of aryl methyl sites for hydroxylation is 1. The third-order valence-electron chi connectivity index (χ3n) is 4.60. The fourth-order valence-electron chi connectivity index (χ4n) is 3.02. The summed E-state index contributed by atoms with van der Waals surface area (Å²) in [6, 6.07) is 9.46. The molecule has 0 aliphatic rings. The maximum atomic E-state index is 11.9. The topological polar surface area (TPSA) is 112 Å². The van der Waals surface area contributed by atoms with Gasteiger partial charge in [0.2, 0.25) is 11.0 Å². The molecule has 3 N–H and O–H groups in total. The first-order valence-corrected chi connectivity index (χ1v) is 12.0. The van der Waals surface area contributed by atoms with Crippen LogP contribution in [0, 0.1) is 6.92 Å². The quantitative estimate of drug-likeness (QED) is 0.220. The van der Waals surface area contributed by atoms with Gasteiger partial charge in [0.05, 0.1) is 22.7 Å². The fraction of sp³-hybridized carbons (Fsp3) is 0.304. The number of nitrogens with two attached hydrogens (primary N) is 1. The van der Waals surface area contributed by atoms with E-state index in [-0.39, 0.29) is 18.9 Å². The Kier molecular flexibility index (Phi) is 9.09. The standard InChI is InChI=1S/C23H25Cl2N5O3S/c1-13(2)16-5-4-14(3)8-19(16)32-6-7-33-22-17(24)9-15(10-18(22)25)12-27-28-20(31)11-21-29-30-23(26)34-21/h4-5,8-10,12-13H,6-7,11H2,1-3H3,(H2,26,30)(H,28,31). The highest BCUT2D eigenvalue weighted by Crippen LogP contribution is 2.34. The molecule has 3 aromatic rings. The van der Waals surface area contributed by atoms with Gasteiger partial charge in [-0.1, -0.05) is 60.5 Å². The van der Waals surface area contributed by atoms with E-state index in [1.807, 2.05) is 13.0 Å². The molecule has 0 radical (unpaired) electrons. The van der Waals surface area contributed by atoms with Crippen LogP contribution in [0.5, 0.6) is 11.5 Å². The van der Waals surface area contributed by atoms with E-state index in [2.05, 4.69) is 46.7 Å². The van der Waals surface area contributed by atoms with E-state index in [9.17, 15) is 4.79 Å². The Labute approximate surface area is 212 Å². The highest BCUT2D eigenvalue weighted by atomic mass is 35.5. The van der Waals surface area contributed by atoms with Gasteiger partial charge in [0.25, 0.3) is 0 Å². The van der Waals surface area contributed by atoms with E-state index in [0.717, 1.165) is 28.2 Å². The number of benzene rings is 2. The van der Waals surface area contributed by atoms with Crippen molar-refractivity contribution in [3.05, 3.63) is 62.1 Å². The van der Waals surface area contributed by atoms with Crippen LogP contribution < -0.4 is 20.6 Å². The van der Waals surface area contributed by atoms with Crippen LogP contribution in [0.1, 0.15) is 41.5 Å². The largest absolute Gasteiger partial charge is 0.490 e. The Bertz CT molecular complexity index is 1160. The summed E-state index contributed by atoms with van der Waals surface area (Å²) in [6.07, 6.45) is 1.46. The first kappa shape index (κ1) is 25.7. The monoisotopic (exact) mass is 521 g/mol. The molecule has 0 atom stereocenters. The number of nitrogens with one attached hydrogen (secondary N) is 1. The van der Waals surface area contributed by atoms with Gasteiger partial charge in [-0.2, -0.15) is 5.10 Å². The van der Waals surface area contributed by atoms with E-state index in [1.54, 1.807) is 12.1 Å². The van der Waals surface area contributed by atoms with Crippen molar-refractivity contribution >= 4 is 51.8 Å². The molecular weight excluding hydrogens is 497 g/mol. The molecule has 0 unspecified atom stereocenters. The fourth-order valence-corrected chi connectivity index (χ4v) is 4.25. The number of ether oxygens (including phenoxy) is 2. The van der Waals surface area contributed by atoms with Crippen LogP contribution in [0.3, 0.4) is 0 Å². The molecule has 2 aromatic carbocycles. The third kappa shape index (κ3) is 7.31. The molecule has 1 amide bonds. The first-order valence-electron chi connectivity index (χ1n) is 10.5. The molecule has 8 nitrogen and oxygen atoms in total. The van der Waals surface area contributed by atoms with E-state index >= 15 is 0 Å². The van der Waals surface area contributed by atoms with Crippen molar-refractivity contribution in [1.82, 2.24) is 15.6 Å². The third-order valence-corrected chi connectivity index (χ3v) is 5.91. The minimum atomic E-state index is -0.348. The summed E-state index contributed by atoms with van der Waals surface area (Å²) in [7, 11) is 0. The van der Waals surface area contributed by atoms with Crippen molar-refractivity contribution in [2.24, 2.45) is 5.10 Å². The zero-order valence-electron chi connectivity index (χ0n) is 19.0. The number of nitrogens with zero attached hydrogens (tertiary/aromatic N) is 3. The molecule has 0 saturated carbocycles. The highest BCUT2D eigenvalue weighted by Gasteiger charge is 2.12. The summed E-state index contributed by atoms with van der Waals surface area (Å²) in [5, 5.41) is 12.8. The van der Waals surface area contributed by atoms with Crippen molar-refractivity contribution in [2.75, 3.05) is 18.9 Å². The summed E-state index contributed by atoms with van der Waals surface area (Å²) < 4.78 is 11.7. The van der Waals surface area contributed by atoms with Crippen LogP contribution in [0.2, 0.25) is 10.0 Å². The number of halogens is 2. The zero-order chi connectivity index (χ0) is 24.7. The average molecular weight is 522 g/mol. The molecular formula is C23H25Cl2N5O3S. The van der Waals surface area contributed by atoms with Crippen LogP contribution in [0.25, 0.3) is 0 Å². The molecule has 1 aromatic heterocycles. The summed E-state index contributed by atoms with van der Waals surface area (Å²) in [5.41, 5.74) is 10.8. The molecule has 180 valence electrons. The Morgan fingerprint density at radius 3 is 2.53 bits per heavy atom. The lowest BCUT2D eigenvalue weighted by Crippen LogP contribution is -2.19. The number of hydrazone groups is 1. The van der Waals surface area contributed by atoms with Crippen molar-refractivity contribution in [3.8, 4) is 11.5 Å². The number of hydrogen-bond acceptors (Lipinski definition) is 8. The smallest absolute Gasteiger partial charge is 0.247 e.